The normalized spacial score (nSPS) is 21.2. The summed E-state index contributed by atoms with van der Waals surface area (Å²) in [6.07, 6.45) is 3.41. The van der Waals surface area contributed by atoms with Gasteiger partial charge in [-0.25, -0.2) is 4.98 Å². The molecule has 70 valence electrons. The summed E-state index contributed by atoms with van der Waals surface area (Å²) in [5.74, 6) is -0.0138. The Bertz CT molecular complexity index is 343. The lowest BCUT2D eigenvalue weighted by Gasteiger charge is -2.21. The first-order valence-electron chi connectivity index (χ1n) is 4.42. The molecule has 0 aromatic carbocycles. The number of imidazole rings is 1. The smallest absolute Gasteiger partial charge is 0.308 e. The van der Waals surface area contributed by atoms with Crippen molar-refractivity contribution in [2.75, 3.05) is 0 Å². The molecular weight excluding hydrogens is 168 g/mol. The zero-order valence-electron chi connectivity index (χ0n) is 7.53. The SMILES string of the molecule is Cc1ncc2n1C[C@@H](C(=O)O)CC2. The van der Waals surface area contributed by atoms with Crippen LogP contribution in [0.4, 0.5) is 0 Å². The molecule has 0 aliphatic carbocycles. The van der Waals surface area contributed by atoms with Crippen LogP contribution >= 0.6 is 0 Å². The number of carboxylic acid groups (broad SMARTS) is 1. The molecule has 1 aliphatic rings. The third kappa shape index (κ3) is 1.32. The van der Waals surface area contributed by atoms with E-state index in [4.69, 9.17) is 5.11 Å². The summed E-state index contributed by atoms with van der Waals surface area (Å²) in [5.41, 5.74) is 1.16. The number of aromatic nitrogens is 2. The van der Waals surface area contributed by atoms with Crippen LogP contribution in [0.2, 0.25) is 0 Å². The van der Waals surface area contributed by atoms with Gasteiger partial charge in [-0.1, -0.05) is 0 Å². The largest absolute Gasteiger partial charge is 0.481 e. The standard InChI is InChI=1S/C9H12N2O2/c1-6-10-4-8-3-2-7(9(12)13)5-11(6)8/h4,7H,2-3,5H2,1H3,(H,12,13)/t7-/m0/s1. The summed E-state index contributed by atoms with van der Waals surface area (Å²) in [6.45, 7) is 2.49. The van der Waals surface area contributed by atoms with Gasteiger partial charge in [-0.2, -0.15) is 0 Å². The van der Waals surface area contributed by atoms with E-state index in [-0.39, 0.29) is 5.92 Å². The van der Waals surface area contributed by atoms with Crippen molar-refractivity contribution in [2.45, 2.75) is 26.3 Å². The molecule has 0 saturated carbocycles. The average molecular weight is 180 g/mol. The fourth-order valence-electron chi connectivity index (χ4n) is 1.80. The first-order chi connectivity index (χ1) is 6.18. The molecule has 1 aromatic heterocycles. The van der Waals surface area contributed by atoms with Crippen molar-refractivity contribution < 1.29 is 9.90 Å². The van der Waals surface area contributed by atoms with Crippen molar-refractivity contribution in [2.24, 2.45) is 5.92 Å². The number of carbonyl (C=O) groups is 1. The molecule has 1 aliphatic heterocycles. The van der Waals surface area contributed by atoms with Crippen molar-refractivity contribution in [3.8, 4) is 0 Å². The van der Waals surface area contributed by atoms with Gasteiger partial charge in [0.1, 0.15) is 5.82 Å². The minimum atomic E-state index is -0.696. The monoisotopic (exact) mass is 180 g/mol. The Morgan fingerprint density at radius 3 is 3.23 bits per heavy atom. The molecule has 13 heavy (non-hydrogen) atoms. The van der Waals surface area contributed by atoms with Crippen LogP contribution in [-0.4, -0.2) is 20.6 Å². The maximum absolute atomic E-state index is 10.8. The second-order valence-corrected chi connectivity index (χ2v) is 3.48. The van der Waals surface area contributed by atoms with Crippen molar-refractivity contribution >= 4 is 5.97 Å². The highest BCUT2D eigenvalue weighted by molar-refractivity contribution is 5.70. The molecule has 2 heterocycles. The van der Waals surface area contributed by atoms with Gasteiger partial charge in [-0.3, -0.25) is 4.79 Å². The topological polar surface area (TPSA) is 55.1 Å². The third-order valence-electron chi connectivity index (χ3n) is 2.64. The summed E-state index contributed by atoms with van der Waals surface area (Å²) < 4.78 is 2.00. The van der Waals surface area contributed by atoms with Gasteiger partial charge in [0.25, 0.3) is 0 Å². The Hall–Kier alpha value is -1.32. The lowest BCUT2D eigenvalue weighted by Crippen LogP contribution is -2.26. The number of aryl methyl sites for hydroxylation is 2. The fourth-order valence-corrected chi connectivity index (χ4v) is 1.80. The van der Waals surface area contributed by atoms with Crippen LogP contribution < -0.4 is 0 Å². The molecule has 0 amide bonds. The van der Waals surface area contributed by atoms with E-state index in [1.165, 1.54) is 0 Å². The van der Waals surface area contributed by atoms with E-state index in [1.807, 2.05) is 17.7 Å². The average Bonchev–Trinajstić information content (AvgIpc) is 2.47. The second-order valence-electron chi connectivity index (χ2n) is 3.48. The van der Waals surface area contributed by atoms with Crippen LogP contribution in [0.3, 0.4) is 0 Å². The molecule has 0 spiro atoms. The molecule has 2 rings (SSSR count). The van der Waals surface area contributed by atoms with E-state index in [1.54, 1.807) is 0 Å². The van der Waals surface area contributed by atoms with Crippen LogP contribution in [0.5, 0.6) is 0 Å². The van der Waals surface area contributed by atoms with Crippen LogP contribution in [0, 0.1) is 12.8 Å². The molecule has 4 heteroatoms. The molecule has 1 N–H and O–H groups in total. The molecule has 1 atom stereocenters. The molecule has 0 saturated heterocycles. The van der Waals surface area contributed by atoms with Gasteiger partial charge in [0.2, 0.25) is 0 Å². The van der Waals surface area contributed by atoms with Gasteiger partial charge in [0.05, 0.1) is 5.92 Å². The van der Waals surface area contributed by atoms with E-state index in [0.29, 0.717) is 6.54 Å². The summed E-state index contributed by atoms with van der Waals surface area (Å²) in [5, 5.41) is 8.86. The maximum Gasteiger partial charge on any atom is 0.308 e. The van der Waals surface area contributed by atoms with Gasteiger partial charge in [0.15, 0.2) is 0 Å². The Morgan fingerprint density at radius 1 is 1.77 bits per heavy atom. The zero-order chi connectivity index (χ0) is 9.42. The van der Waals surface area contributed by atoms with Gasteiger partial charge in [-0.15, -0.1) is 0 Å². The number of hydrogen-bond acceptors (Lipinski definition) is 2. The van der Waals surface area contributed by atoms with Gasteiger partial charge >= 0.3 is 5.97 Å². The highest BCUT2D eigenvalue weighted by Crippen LogP contribution is 2.21. The second kappa shape index (κ2) is 2.87. The van der Waals surface area contributed by atoms with E-state index < -0.39 is 5.97 Å². The molecule has 0 unspecified atom stereocenters. The van der Waals surface area contributed by atoms with E-state index in [9.17, 15) is 4.79 Å². The van der Waals surface area contributed by atoms with E-state index >= 15 is 0 Å². The molecule has 0 radical (unpaired) electrons. The van der Waals surface area contributed by atoms with Crippen molar-refractivity contribution in [1.29, 1.82) is 0 Å². The Balaban J connectivity index is 2.27. The number of nitrogens with zero attached hydrogens (tertiary/aromatic N) is 2. The minimum Gasteiger partial charge on any atom is -0.481 e. The number of rotatable bonds is 1. The number of carboxylic acids is 1. The van der Waals surface area contributed by atoms with Crippen LogP contribution in [0.15, 0.2) is 6.20 Å². The summed E-state index contributed by atoms with van der Waals surface area (Å²) in [4.78, 5) is 14.9. The fraction of sp³-hybridized carbons (Fsp3) is 0.556. The van der Waals surface area contributed by atoms with E-state index in [0.717, 1.165) is 24.4 Å². The number of fused-ring (bicyclic) bond motifs is 1. The Labute approximate surface area is 76.2 Å². The summed E-state index contributed by atoms with van der Waals surface area (Å²) >= 11 is 0. The van der Waals surface area contributed by atoms with Gasteiger partial charge in [0, 0.05) is 18.4 Å². The molecule has 0 bridgehead atoms. The highest BCUT2D eigenvalue weighted by atomic mass is 16.4. The lowest BCUT2D eigenvalue weighted by atomic mass is 9.98. The first-order valence-corrected chi connectivity index (χ1v) is 4.42. The molecule has 0 fully saturated rings. The minimum absolute atomic E-state index is 0.236. The zero-order valence-corrected chi connectivity index (χ0v) is 7.53. The lowest BCUT2D eigenvalue weighted by molar-refractivity contribution is -0.142. The number of aliphatic carboxylic acids is 1. The molecular formula is C9H12N2O2. The van der Waals surface area contributed by atoms with Crippen molar-refractivity contribution in [3.63, 3.8) is 0 Å². The van der Waals surface area contributed by atoms with Gasteiger partial charge < -0.3 is 9.67 Å². The Kier molecular flexibility index (Phi) is 1.83. The van der Waals surface area contributed by atoms with E-state index in [2.05, 4.69) is 4.98 Å². The highest BCUT2D eigenvalue weighted by Gasteiger charge is 2.24. The predicted octanol–water partition coefficient (Wildman–Crippen LogP) is 0.839. The molecule has 4 nitrogen and oxygen atoms in total. The van der Waals surface area contributed by atoms with Crippen LogP contribution in [-0.2, 0) is 17.8 Å². The Morgan fingerprint density at radius 2 is 2.54 bits per heavy atom. The third-order valence-corrected chi connectivity index (χ3v) is 2.64. The molecule has 1 aromatic rings. The van der Waals surface area contributed by atoms with Crippen LogP contribution in [0.1, 0.15) is 17.9 Å². The summed E-state index contributed by atoms with van der Waals surface area (Å²) in [7, 11) is 0. The van der Waals surface area contributed by atoms with Crippen molar-refractivity contribution in [1.82, 2.24) is 9.55 Å². The van der Waals surface area contributed by atoms with Crippen LogP contribution in [0.25, 0.3) is 0 Å². The number of hydrogen-bond donors (Lipinski definition) is 1. The summed E-state index contributed by atoms with van der Waals surface area (Å²) in [6, 6.07) is 0. The van der Waals surface area contributed by atoms with Crippen molar-refractivity contribution in [3.05, 3.63) is 17.7 Å². The first kappa shape index (κ1) is 8.29. The quantitative estimate of drug-likeness (QED) is 0.696. The van der Waals surface area contributed by atoms with Gasteiger partial charge in [-0.05, 0) is 19.8 Å². The maximum atomic E-state index is 10.8. The predicted molar refractivity (Wildman–Crippen MR) is 46.4 cm³/mol.